The zero-order chi connectivity index (χ0) is 21.9. The molecule has 1 aromatic rings. The Labute approximate surface area is 171 Å². The standard InChI is InChI=1S/C23H30F3NO2/c1-17(2)7-5-8-18(3)9-6-10-19(4)15-16-29-22(28)27-21-13-11-20(12-14-21)23(24,25)26/h7,9,11-15H,5-6,8,10,16H2,1-4H3,(H,27,28)/b18-9+,19-15+. The van der Waals surface area contributed by atoms with Crippen molar-refractivity contribution in [3.63, 3.8) is 0 Å². The molecule has 0 aliphatic heterocycles. The summed E-state index contributed by atoms with van der Waals surface area (Å²) in [5, 5.41) is 2.41. The summed E-state index contributed by atoms with van der Waals surface area (Å²) in [6.07, 6.45) is 5.11. The van der Waals surface area contributed by atoms with Gasteiger partial charge in [0, 0.05) is 5.69 Å². The van der Waals surface area contributed by atoms with Gasteiger partial charge in [-0.2, -0.15) is 13.2 Å². The minimum Gasteiger partial charge on any atom is -0.445 e. The lowest BCUT2D eigenvalue weighted by molar-refractivity contribution is -0.137. The van der Waals surface area contributed by atoms with E-state index < -0.39 is 17.8 Å². The average Bonchev–Trinajstić information content (AvgIpc) is 2.61. The highest BCUT2D eigenvalue weighted by Crippen LogP contribution is 2.29. The van der Waals surface area contributed by atoms with E-state index in [9.17, 15) is 18.0 Å². The van der Waals surface area contributed by atoms with E-state index in [1.165, 1.54) is 23.3 Å². The molecule has 0 saturated heterocycles. The number of hydrogen-bond acceptors (Lipinski definition) is 2. The number of benzene rings is 1. The predicted molar refractivity (Wildman–Crippen MR) is 112 cm³/mol. The van der Waals surface area contributed by atoms with Gasteiger partial charge < -0.3 is 4.74 Å². The van der Waals surface area contributed by atoms with E-state index >= 15 is 0 Å². The second-order valence-corrected chi connectivity index (χ2v) is 7.26. The molecule has 0 bridgehead atoms. The average molecular weight is 409 g/mol. The number of halogens is 3. The van der Waals surface area contributed by atoms with Crippen LogP contribution in [0.25, 0.3) is 0 Å². The molecule has 1 amide bonds. The Morgan fingerprint density at radius 3 is 2.03 bits per heavy atom. The fourth-order valence-corrected chi connectivity index (χ4v) is 2.49. The lowest BCUT2D eigenvalue weighted by atomic mass is 10.1. The van der Waals surface area contributed by atoms with Gasteiger partial charge >= 0.3 is 12.3 Å². The van der Waals surface area contributed by atoms with Crippen molar-refractivity contribution in [2.24, 2.45) is 0 Å². The van der Waals surface area contributed by atoms with Crippen molar-refractivity contribution < 1.29 is 22.7 Å². The third-order valence-corrected chi connectivity index (χ3v) is 4.23. The zero-order valence-electron chi connectivity index (χ0n) is 17.5. The van der Waals surface area contributed by atoms with E-state index in [1.807, 2.05) is 13.0 Å². The molecule has 6 heteroatoms. The number of hydrogen-bond donors (Lipinski definition) is 1. The van der Waals surface area contributed by atoms with Gasteiger partial charge in [0.2, 0.25) is 0 Å². The minimum absolute atomic E-state index is 0.113. The maximum atomic E-state index is 12.5. The van der Waals surface area contributed by atoms with Crippen molar-refractivity contribution in [2.45, 2.75) is 59.6 Å². The van der Waals surface area contributed by atoms with Crippen LogP contribution in [-0.4, -0.2) is 12.7 Å². The van der Waals surface area contributed by atoms with Gasteiger partial charge in [-0.25, -0.2) is 4.79 Å². The highest BCUT2D eigenvalue weighted by atomic mass is 19.4. The monoisotopic (exact) mass is 409 g/mol. The number of ether oxygens (including phenoxy) is 1. The number of amides is 1. The summed E-state index contributed by atoms with van der Waals surface area (Å²) in [5.41, 5.74) is 3.29. The van der Waals surface area contributed by atoms with Crippen LogP contribution in [0.15, 0.2) is 59.2 Å². The van der Waals surface area contributed by atoms with Crippen molar-refractivity contribution in [3.05, 3.63) is 64.8 Å². The molecule has 0 fully saturated rings. The molecule has 0 saturated carbocycles. The summed E-state index contributed by atoms with van der Waals surface area (Å²) in [6, 6.07) is 4.21. The quantitative estimate of drug-likeness (QED) is 0.425. The van der Waals surface area contributed by atoms with Gasteiger partial charge in [0.1, 0.15) is 6.61 Å². The first-order valence-electron chi connectivity index (χ1n) is 9.63. The summed E-state index contributed by atoms with van der Waals surface area (Å²) < 4.78 is 42.6. The maximum Gasteiger partial charge on any atom is 0.416 e. The number of carbonyl (C=O) groups excluding carboxylic acids is 1. The van der Waals surface area contributed by atoms with Gasteiger partial charge in [0.05, 0.1) is 5.56 Å². The van der Waals surface area contributed by atoms with E-state index in [0.717, 1.165) is 43.4 Å². The number of nitrogens with one attached hydrogen (secondary N) is 1. The first-order chi connectivity index (χ1) is 13.6. The van der Waals surface area contributed by atoms with Crippen molar-refractivity contribution in [1.29, 1.82) is 0 Å². The number of anilines is 1. The zero-order valence-corrected chi connectivity index (χ0v) is 17.5. The Bertz CT molecular complexity index is 740. The van der Waals surface area contributed by atoms with E-state index in [4.69, 9.17) is 4.74 Å². The van der Waals surface area contributed by atoms with E-state index in [-0.39, 0.29) is 12.3 Å². The smallest absolute Gasteiger partial charge is 0.416 e. The molecule has 0 radical (unpaired) electrons. The molecule has 0 spiro atoms. The first-order valence-corrected chi connectivity index (χ1v) is 9.63. The SMILES string of the molecule is CC(C)=CCC/C(C)=C/CC/C(C)=C/COC(=O)Nc1ccc(C(F)(F)F)cc1. The van der Waals surface area contributed by atoms with Gasteiger partial charge in [-0.05, 0) is 83.7 Å². The Balaban J connectivity index is 2.33. The second-order valence-electron chi connectivity index (χ2n) is 7.26. The first kappa shape index (κ1) is 24.5. The Morgan fingerprint density at radius 2 is 1.48 bits per heavy atom. The summed E-state index contributed by atoms with van der Waals surface area (Å²) in [6.45, 7) is 8.41. The Hall–Kier alpha value is -2.50. The van der Waals surface area contributed by atoms with Crippen LogP contribution in [0.3, 0.4) is 0 Å². The normalized spacial score (nSPS) is 12.5. The van der Waals surface area contributed by atoms with Crippen LogP contribution < -0.4 is 5.32 Å². The van der Waals surface area contributed by atoms with Crippen LogP contribution in [0.2, 0.25) is 0 Å². The van der Waals surface area contributed by atoms with Gasteiger partial charge in [-0.1, -0.05) is 28.9 Å². The summed E-state index contributed by atoms with van der Waals surface area (Å²) >= 11 is 0. The maximum absolute atomic E-state index is 12.5. The van der Waals surface area contributed by atoms with Crippen LogP contribution in [0, 0.1) is 0 Å². The topological polar surface area (TPSA) is 38.3 Å². The molecule has 29 heavy (non-hydrogen) atoms. The Morgan fingerprint density at radius 1 is 0.931 bits per heavy atom. The number of rotatable bonds is 9. The van der Waals surface area contributed by atoms with E-state index in [1.54, 1.807) is 0 Å². The molecule has 0 heterocycles. The summed E-state index contributed by atoms with van der Waals surface area (Å²) in [5.74, 6) is 0. The Kier molecular flexibility index (Phi) is 10.3. The van der Waals surface area contributed by atoms with Crippen LogP contribution in [0.5, 0.6) is 0 Å². The molecule has 0 unspecified atom stereocenters. The van der Waals surface area contributed by atoms with Gasteiger partial charge in [-0.3, -0.25) is 5.32 Å². The van der Waals surface area contributed by atoms with Crippen LogP contribution >= 0.6 is 0 Å². The lowest BCUT2D eigenvalue weighted by Gasteiger charge is -2.09. The molecule has 1 rings (SSSR count). The van der Waals surface area contributed by atoms with Gasteiger partial charge in [0.25, 0.3) is 0 Å². The molecule has 0 aromatic heterocycles. The van der Waals surface area contributed by atoms with Gasteiger partial charge in [-0.15, -0.1) is 0 Å². The van der Waals surface area contributed by atoms with Crippen molar-refractivity contribution in [2.75, 3.05) is 11.9 Å². The molecule has 1 N–H and O–H groups in total. The predicted octanol–water partition coefficient (Wildman–Crippen LogP) is 7.67. The number of carbonyl (C=O) groups is 1. The van der Waals surface area contributed by atoms with Gasteiger partial charge in [0.15, 0.2) is 0 Å². The molecular formula is C23H30F3NO2. The fourth-order valence-electron chi connectivity index (χ4n) is 2.49. The van der Waals surface area contributed by atoms with Crippen molar-refractivity contribution in [1.82, 2.24) is 0 Å². The number of alkyl halides is 3. The third-order valence-electron chi connectivity index (χ3n) is 4.23. The molecule has 0 aliphatic carbocycles. The molecule has 0 atom stereocenters. The third kappa shape index (κ3) is 11.2. The van der Waals surface area contributed by atoms with Crippen LogP contribution in [-0.2, 0) is 10.9 Å². The fraction of sp³-hybridized carbons (Fsp3) is 0.435. The highest BCUT2D eigenvalue weighted by Gasteiger charge is 2.29. The molecular weight excluding hydrogens is 379 g/mol. The number of allylic oxidation sites excluding steroid dienone is 5. The van der Waals surface area contributed by atoms with Crippen molar-refractivity contribution in [3.8, 4) is 0 Å². The lowest BCUT2D eigenvalue weighted by Crippen LogP contribution is -2.14. The van der Waals surface area contributed by atoms with Crippen LogP contribution in [0.1, 0.15) is 58.9 Å². The molecule has 3 nitrogen and oxygen atoms in total. The highest BCUT2D eigenvalue weighted by molar-refractivity contribution is 5.84. The minimum atomic E-state index is -4.40. The molecule has 1 aromatic carbocycles. The molecule has 0 aliphatic rings. The largest absolute Gasteiger partial charge is 0.445 e. The van der Waals surface area contributed by atoms with Crippen molar-refractivity contribution >= 4 is 11.8 Å². The molecule has 160 valence electrons. The second kappa shape index (κ2) is 12.1. The van der Waals surface area contributed by atoms with E-state index in [0.29, 0.717) is 0 Å². The summed E-state index contributed by atoms with van der Waals surface area (Å²) in [7, 11) is 0. The van der Waals surface area contributed by atoms with E-state index in [2.05, 4.69) is 38.2 Å². The van der Waals surface area contributed by atoms with Crippen LogP contribution in [0.4, 0.5) is 23.7 Å². The summed E-state index contributed by atoms with van der Waals surface area (Å²) in [4.78, 5) is 11.7.